The van der Waals surface area contributed by atoms with E-state index in [9.17, 15) is 14.9 Å². The number of alkyl halides is 1. The van der Waals surface area contributed by atoms with Gasteiger partial charge < -0.3 is 23.9 Å². The van der Waals surface area contributed by atoms with Crippen LogP contribution in [0.3, 0.4) is 0 Å². The van der Waals surface area contributed by atoms with E-state index in [1.165, 1.54) is 0 Å². The van der Waals surface area contributed by atoms with Crippen LogP contribution in [0.5, 0.6) is 5.75 Å². The molecule has 0 unspecified atom stereocenters. The molecule has 0 saturated carbocycles. The molecule has 174 valence electrons. The Bertz CT molecular complexity index is 1320. The molecule has 1 N–H and O–H groups in total. The molecule has 2 saturated heterocycles. The van der Waals surface area contributed by atoms with Gasteiger partial charge in [-0.2, -0.15) is 5.26 Å². The molecule has 1 aromatic heterocycles. The summed E-state index contributed by atoms with van der Waals surface area (Å²) in [4.78, 5) is 27.1. The molecule has 2 aromatic carbocycles. The summed E-state index contributed by atoms with van der Waals surface area (Å²) in [6.07, 6.45) is -1.63. The van der Waals surface area contributed by atoms with Gasteiger partial charge in [-0.05, 0) is 23.6 Å². The molecule has 3 heterocycles. The molecule has 8 nitrogen and oxygen atoms in total. The molecule has 2 aliphatic heterocycles. The second-order valence-corrected chi connectivity index (χ2v) is 8.45. The Labute approximate surface area is 200 Å². The Hall–Kier alpha value is -3.38. The molecular weight excluding hydrogens is 460 g/mol. The standard InChI is InChI=1S/C25H21ClN2O6/c26-10-20(29)33-18-12-31-24-19(13-32-23(18)24)34-22-16(11-27)25(30)28-17-8-4-7-15(21(17)22)9-14-5-2-1-3-6-14/h1-8,18-19,23-24H,9-10,12-13H2,(H,28,30)/t18-,19-,23+,24+/m0/s1. The van der Waals surface area contributed by atoms with E-state index in [1.807, 2.05) is 48.5 Å². The second-order valence-electron chi connectivity index (χ2n) is 8.19. The van der Waals surface area contributed by atoms with Gasteiger partial charge >= 0.3 is 5.97 Å². The highest BCUT2D eigenvalue weighted by atomic mass is 35.5. The number of aromatic amines is 1. The van der Waals surface area contributed by atoms with Crippen molar-refractivity contribution >= 4 is 28.5 Å². The van der Waals surface area contributed by atoms with Crippen LogP contribution >= 0.6 is 11.6 Å². The van der Waals surface area contributed by atoms with Crippen LogP contribution in [0.1, 0.15) is 16.7 Å². The van der Waals surface area contributed by atoms with E-state index in [0.29, 0.717) is 17.3 Å². The number of hydrogen-bond donors (Lipinski definition) is 1. The minimum absolute atomic E-state index is 0.112. The third-order valence-corrected chi connectivity index (χ3v) is 6.27. The molecule has 34 heavy (non-hydrogen) atoms. The molecule has 0 spiro atoms. The minimum Gasteiger partial charge on any atom is -0.483 e. The lowest BCUT2D eigenvalue weighted by Crippen LogP contribution is -2.36. The number of carbonyl (C=O) groups excluding carboxylic acids is 1. The Balaban J connectivity index is 1.51. The van der Waals surface area contributed by atoms with Crippen molar-refractivity contribution in [2.45, 2.75) is 30.8 Å². The third kappa shape index (κ3) is 4.14. The number of nitriles is 1. The van der Waals surface area contributed by atoms with Crippen molar-refractivity contribution in [1.82, 2.24) is 4.98 Å². The quantitative estimate of drug-likeness (QED) is 0.426. The number of esters is 1. The van der Waals surface area contributed by atoms with Crippen LogP contribution in [0.4, 0.5) is 0 Å². The summed E-state index contributed by atoms with van der Waals surface area (Å²) in [6, 6.07) is 17.5. The van der Waals surface area contributed by atoms with E-state index in [1.54, 1.807) is 6.07 Å². The highest BCUT2D eigenvalue weighted by Crippen LogP contribution is 2.36. The highest BCUT2D eigenvalue weighted by Gasteiger charge is 2.51. The van der Waals surface area contributed by atoms with Crippen molar-refractivity contribution in [1.29, 1.82) is 5.26 Å². The van der Waals surface area contributed by atoms with Gasteiger partial charge in [-0.3, -0.25) is 9.59 Å². The van der Waals surface area contributed by atoms with Gasteiger partial charge in [-0.25, -0.2) is 0 Å². The first kappa shape index (κ1) is 22.4. The Morgan fingerprint density at radius 3 is 2.56 bits per heavy atom. The fraction of sp³-hybridized carbons (Fsp3) is 0.320. The van der Waals surface area contributed by atoms with Crippen molar-refractivity contribution < 1.29 is 23.7 Å². The van der Waals surface area contributed by atoms with E-state index < -0.39 is 35.9 Å². The number of nitrogens with zero attached hydrogens (tertiary/aromatic N) is 1. The Morgan fingerprint density at radius 2 is 1.82 bits per heavy atom. The van der Waals surface area contributed by atoms with Gasteiger partial charge in [0.2, 0.25) is 0 Å². The predicted molar refractivity (Wildman–Crippen MR) is 123 cm³/mol. The maximum atomic E-state index is 12.7. The molecule has 5 rings (SSSR count). The summed E-state index contributed by atoms with van der Waals surface area (Å²) in [5.41, 5.74) is 1.92. The smallest absolute Gasteiger partial charge is 0.321 e. The molecule has 3 aromatic rings. The van der Waals surface area contributed by atoms with Crippen molar-refractivity contribution in [3.63, 3.8) is 0 Å². The van der Waals surface area contributed by atoms with Crippen LogP contribution in [0, 0.1) is 11.3 Å². The molecule has 9 heteroatoms. The predicted octanol–water partition coefficient (Wildman–Crippen LogP) is 2.69. The first-order valence-electron chi connectivity index (χ1n) is 10.9. The van der Waals surface area contributed by atoms with Crippen molar-refractivity contribution in [3.8, 4) is 11.8 Å². The monoisotopic (exact) mass is 480 g/mol. The normalized spacial score (nSPS) is 23.4. The topological polar surface area (TPSA) is 111 Å². The Kier molecular flexibility index (Phi) is 6.24. The Morgan fingerprint density at radius 1 is 1.09 bits per heavy atom. The summed E-state index contributed by atoms with van der Waals surface area (Å²) < 4.78 is 23.3. The molecule has 0 amide bonds. The van der Waals surface area contributed by atoms with Crippen LogP contribution in [0.25, 0.3) is 10.9 Å². The number of H-pyrrole nitrogens is 1. The van der Waals surface area contributed by atoms with Gasteiger partial charge in [0.15, 0.2) is 23.5 Å². The summed E-state index contributed by atoms with van der Waals surface area (Å²) in [7, 11) is 0. The average Bonchev–Trinajstić information content (AvgIpc) is 3.43. The molecule has 2 aliphatic rings. The number of ether oxygens (including phenoxy) is 4. The zero-order chi connectivity index (χ0) is 23.7. The molecular formula is C25H21ClN2O6. The fourth-order valence-electron chi connectivity index (χ4n) is 4.55. The van der Waals surface area contributed by atoms with E-state index in [4.69, 9.17) is 30.5 Å². The minimum atomic E-state index is -0.593. The molecule has 0 bridgehead atoms. The fourth-order valence-corrected chi connectivity index (χ4v) is 4.61. The maximum Gasteiger partial charge on any atom is 0.321 e. The summed E-state index contributed by atoms with van der Waals surface area (Å²) in [5, 5.41) is 10.4. The first-order chi connectivity index (χ1) is 16.6. The lowest BCUT2D eigenvalue weighted by molar-refractivity contribution is -0.150. The number of benzene rings is 2. The summed E-state index contributed by atoms with van der Waals surface area (Å²) >= 11 is 5.54. The van der Waals surface area contributed by atoms with E-state index >= 15 is 0 Å². The zero-order valence-electron chi connectivity index (χ0n) is 18.0. The van der Waals surface area contributed by atoms with E-state index in [0.717, 1.165) is 11.1 Å². The molecule has 0 aliphatic carbocycles. The van der Waals surface area contributed by atoms with E-state index in [2.05, 4.69) is 4.98 Å². The number of fused-ring (bicyclic) bond motifs is 2. The van der Waals surface area contributed by atoms with Crippen molar-refractivity contribution in [3.05, 3.63) is 75.6 Å². The summed E-state index contributed by atoms with van der Waals surface area (Å²) in [5.74, 6) is -0.615. The largest absolute Gasteiger partial charge is 0.483 e. The van der Waals surface area contributed by atoms with Crippen molar-refractivity contribution in [2.75, 3.05) is 19.1 Å². The van der Waals surface area contributed by atoms with Gasteiger partial charge in [-0.1, -0.05) is 42.5 Å². The van der Waals surface area contributed by atoms with Gasteiger partial charge in [0.05, 0.1) is 18.7 Å². The SMILES string of the molecule is N#Cc1c(O[C@H]2CO[C@H]3[C@@H]2OC[C@@H]3OC(=O)CCl)c2c(Cc3ccccc3)cccc2[nH]c1=O. The first-order valence-corrected chi connectivity index (χ1v) is 11.4. The lowest BCUT2D eigenvalue weighted by Gasteiger charge is -2.21. The van der Waals surface area contributed by atoms with Gasteiger partial charge in [0, 0.05) is 5.39 Å². The highest BCUT2D eigenvalue weighted by molar-refractivity contribution is 6.26. The van der Waals surface area contributed by atoms with E-state index in [-0.39, 0.29) is 30.4 Å². The van der Waals surface area contributed by atoms with Crippen molar-refractivity contribution in [2.24, 2.45) is 0 Å². The number of carbonyl (C=O) groups is 1. The number of pyridine rings is 1. The van der Waals surface area contributed by atoms with Crippen LogP contribution < -0.4 is 10.3 Å². The number of hydrogen-bond acceptors (Lipinski definition) is 7. The van der Waals surface area contributed by atoms with Crippen LogP contribution in [0.15, 0.2) is 53.3 Å². The summed E-state index contributed by atoms with van der Waals surface area (Å²) in [6.45, 7) is 0.308. The molecule has 4 atom stereocenters. The van der Waals surface area contributed by atoms with Gasteiger partial charge in [0.1, 0.15) is 24.2 Å². The number of rotatable bonds is 6. The number of halogens is 1. The number of aromatic nitrogens is 1. The zero-order valence-corrected chi connectivity index (χ0v) is 18.8. The second kappa shape index (κ2) is 9.47. The van der Waals surface area contributed by atoms with Crippen LogP contribution in [-0.2, 0) is 25.4 Å². The number of nitrogens with one attached hydrogen (secondary N) is 1. The lowest BCUT2D eigenvalue weighted by atomic mass is 9.98. The van der Waals surface area contributed by atoms with Gasteiger partial charge in [-0.15, -0.1) is 11.6 Å². The van der Waals surface area contributed by atoms with Crippen LogP contribution in [0.2, 0.25) is 0 Å². The molecule has 0 radical (unpaired) electrons. The average molecular weight is 481 g/mol. The maximum absolute atomic E-state index is 12.7. The third-order valence-electron chi connectivity index (χ3n) is 6.05. The van der Waals surface area contributed by atoms with Crippen LogP contribution in [-0.4, -0.2) is 54.5 Å². The molecule has 2 fully saturated rings. The van der Waals surface area contributed by atoms with Gasteiger partial charge in [0.25, 0.3) is 5.56 Å².